The molecule has 1 aliphatic carbocycles. The van der Waals surface area contributed by atoms with Crippen molar-refractivity contribution in [3.8, 4) is 0 Å². The molecule has 1 fully saturated rings. The van der Waals surface area contributed by atoms with Crippen molar-refractivity contribution in [2.45, 2.75) is 36.6 Å². The molecule has 2 aromatic rings. The number of rotatable bonds is 5. The Labute approximate surface area is 139 Å². The number of hydrogen-bond acceptors (Lipinski definition) is 2. The standard InChI is InChI=1S/C18H20BrNS/c1-2-21-18-6-4-3-5-17(18)20-16-11-14(12-16)13-7-9-15(19)10-8-13/h3-10,14,16,20H,2,11-12H2,1H3. The average molecular weight is 362 g/mol. The van der Waals surface area contributed by atoms with Crippen LogP contribution in [0.2, 0.25) is 0 Å². The molecule has 110 valence electrons. The fraction of sp³-hybridized carbons (Fsp3) is 0.333. The van der Waals surface area contributed by atoms with Crippen molar-refractivity contribution in [3.05, 3.63) is 58.6 Å². The van der Waals surface area contributed by atoms with Crippen molar-refractivity contribution in [2.75, 3.05) is 11.1 Å². The summed E-state index contributed by atoms with van der Waals surface area (Å²) >= 11 is 5.41. The van der Waals surface area contributed by atoms with Crippen LogP contribution in [0.5, 0.6) is 0 Å². The van der Waals surface area contributed by atoms with Gasteiger partial charge in [-0.2, -0.15) is 0 Å². The van der Waals surface area contributed by atoms with Gasteiger partial charge >= 0.3 is 0 Å². The lowest BCUT2D eigenvalue weighted by molar-refractivity contribution is 0.373. The van der Waals surface area contributed by atoms with E-state index in [9.17, 15) is 0 Å². The van der Waals surface area contributed by atoms with Crippen LogP contribution in [0, 0.1) is 0 Å². The molecule has 21 heavy (non-hydrogen) atoms. The number of hydrogen-bond donors (Lipinski definition) is 1. The molecular weight excluding hydrogens is 342 g/mol. The van der Waals surface area contributed by atoms with Crippen molar-refractivity contribution < 1.29 is 0 Å². The third kappa shape index (κ3) is 3.64. The maximum absolute atomic E-state index is 3.71. The molecule has 1 N–H and O–H groups in total. The van der Waals surface area contributed by atoms with Gasteiger partial charge in [0.25, 0.3) is 0 Å². The highest BCUT2D eigenvalue weighted by molar-refractivity contribution is 9.10. The lowest BCUT2D eigenvalue weighted by Gasteiger charge is -2.37. The van der Waals surface area contributed by atoms with E-state index < -0.39 is 0 Å². The highest BCUT2D eigenvalue weighted by Crippen LogP contribution is 2.40. The Morgan fingerprint density at radius 2 is 1.81 bits per heavy atom. The molecule has 1 nitrogen and oxygen atoms in total. The zero-order valence-corrected chi connectivity index (χ0v) is 14.6. The van der Waals surface area contributed by atoms with E-state index in [-0.39, 0.29) is 0 Å². The van der Waals surface area contributed by atoms with Crippen molar-refractivity contribution in [1.29, 1.82) is 0 Å². The first kappa shape index (κ1) is 15.0. The van der Waals surface area contributed by atoms with Gasteiger partial charge in [0.15, 0.2) is 0 Å². The molecular formula is C18H20BrNS. The van der Waals surface area contributed by atoms with E-state index >= 15 is 0 Å². The second-order valence-electron chi connectivity index (χ2n) is 5.49. The summed E-state index contributed by atoms with van der Waals surface area (Å²) in [6.45, 7) is 2.20. The van der Waals surface area contributed by atoms with Gasteiger partial charge in [0.1, 0.15) is 0 Å². The SMILES string of the molecule is CCSc1ccccc1NC1CC(c2ccc(Br)cc2)C1. The Morgan fingerprint density at radius 3 is 2.52 bits per heavy atom. The molecule has 0 unspecified atom stereocenters. The molecule has 0 bridgehead atoms. The third-order valence-corrected chi connectivity index (χ3v) is 5.51. The largest absolute Gasteiger partial charge is 0.381 e. The number of halogens is 1. The number of benzene rings is 2. The summed E-state index contributed by atoms with van der Waals surface area (Å²) in [5.74, 6) is 1.83. The van der Waals surface area contributed by atoms with Crippen LogP contribution in [0.3, 0.4) is 0 Å². The minimum atomic E-state index is 0.609. The Bertz CT molecular complexity index is 590. The van der Waals surface area contributed by atoms with Crippen LogP contribution in [0.25, 0.3) is 0 Å². The van der Waals surface area contributed by atoms with Gasteiger partial charge in [-0.15, -0.1) is 11.8 Å². The van der Waals surface area contributed by atoms with E-state index in [0.29, 0.717) is 12.0 Å². The predicted molar refractivity (Wildman–Crippen MR) is 96.4 cm³/mol. The quantitative estimate of drug-likeness (QED) is 0.663. The molecule has 0 aliphatic heterocycles. The first-order valence-electron chi connectivity index (χ1n) is 7.50. The summed E-state index contributed by atoms with van der Waals surface area (Å²) in [6.07, 6.45) is 2.46. The number of anilines is 1. The Kier molecular flexibility index (Phi) is 4.91. The minimum absolute atomic E-state index is 0.609. The molecule has 0 radical (unpaired) electrons. The van der Waals surface area contributed by atoms with E-state index in [2.05, 4.69) is 76.7 Å². The van der Waals surface area contributed by atoms with E-state index in [1.54, 1.807) is 0 Å². The van der Waals surface area contributed by atoms with E-state index in [4.69, 9.17) is 0 Å². The smallest absolute Gasteiger partial charge is 0.0480 e. The van der Waals surface area contributed by atoms with E-state index in [0.717, 1.165) is 10.2 Å². The molecule has 0 amide bonds. The predicted octanol–water partition coefficient (Wildman–Crippen LogP) is 5.92. The van der Waals surface area contributed by atoms with Crippen molar-refractivity contribution in [2.24, 2.45) is 0 Å². The van der Waals surface area contributed by atoms with Crippen LogP contribution in [0.1, 0.15) is 31.2 Å². The van der Waals surface area contributed by atoms with Gasteiger partial charge in [-0.3, -0.25) is 0 Å². The molecule has 0 atom stereocenters. The maximum atomic E-state index is 3.71. The second-order valence-corrected chi connectivity index (χ2v) is 7.71. The Hall–Kier alpha value is -0.930. The maximum Gasteiger partial charge on any atom is 0.0480 e. The summed E-state index contributed by atoms with van der Waals surface area (Å²) in [4.78, 5) is 1.37. The van der Waals surface area contributed by atoms with Crippen LogP contribution >= 0.6 is 27.7 Å². The van der Waals surface area contributed by atoms with Crippen LogP contribution in [-0.2, 0) is 0 Å². The van der Waals surface area contributed by atoms with Gasteiger partial charge in [-0.05, 0) is 54.3 Å². The molecule has 0 spiro atoms. The molecule has 1 saturated carbocycles. The average Bonchev–Trinajstić information content (AvgIpc) is 2.46. The van der Waals surface area contributed by atoms with Crippen LogP contribution < -0.4 is 5.32 Å². The Balaban J connectivity index is 1.58. The number of para-hydroxylation sites is 1. The first-order valence-corrected chi connectivity index (χ1v) is 9.28. The highest BCUT2D eigenvalue weighted by atomic mass is 79.9. The Morgan fingerprint density at radius 1 is 1.10 bits per heavy atom. The normalized spacial score (nSPS) is 20.9. The molecule has 1 aliphatic rings. The minimum Gasteiger partial charge on any atom is -0.381 e. The topological polar surface area (TPSA) is 12.0 Å². The molecule has 3 heteroatoms. The van der Waals surface area contributed by atoms with Crippen molar-refractivity contribution in [1.82, 2.24) is 0 Å². The number of thioether (sulfide) groups is 1. The summed E-state index contributed by atoms with van der Waals surface area (Å²) in [7, 11) is 0. The van der Waals surface area contributed by atoms with Crippen molar-refractivity contribution in [3.63, 3.8) is 0 Å². The summed E-state index contributed by atoms with van der Waals surface area (Å²) in [6, 6.07) is 18.0. The lowest BCUT2D eigenvalue weighted by Crippen LogP contribution is -2.34. The van der Waals surface area contributed by atoms with Crippen LogP contribution in [-0.4, -0.2) is 11.8 Å². The van der Waals surface area contributed by atoms with E-state index in [1.165, 1.54) is 29.0 Å². The van der Waals surface area contributed by atoms with E-state index in [1.807, 2.05) is 11.8 Å². The lowest BCUT2D eigenvalue weighted by atomic mass is 9.76. The highest BCUT2D eigenvalue weighted by Gasteiger charge is 2.30. The van der Waals surface area contributed by atoms with Gasteiger partial charge in [0.2, 0.25) is 0 Å². The zero-order chi connectivity index (χ0) is 14.7. The summed E-state index contributed by atoms with van der Waals surface area (Å²) < 4.78 is 1.16. The van der Waals surface area contributed by atoms with Crippen LogP contribution in [0.4, 0.5) is 5.69 Å². The van der Waals surface area contributed by atoms with Gasteiger partial charge in [0.05, 0.1) is 0 Å². The second kappa shape index (κ2) is 6.89. The van der Waals surface area contributed by atoms with Gasteiger partial charge in [-0.25, -0.2) is 0 Å². The molecule has 0 saturated heterocycles. The third-order valence-electron chi connectivity index (χ3n) is 4.03. The summed E-state index contributed by atoms with van der Waals surface area (Å²) in [5.41, 5.74) is 2.76. The van der Waals surface area contributed by atoms with Gasteiger partial charge in [-0.1, -0.05) is 47.1 Å². The molecule has 3 rings (SSSR count). The van der Waals surface area contributed by atoms with Gasteiger partial charge in [0, 0.05) is 21.1 Å². The monoisotopic (exact) mass is 361 g/mol. The number of nitrogens with one attached hydrogen (secondary N) is 1. The fourth-order valence-electron chi connectivity index (χ4n) is 2.83. The summed E-state index contributed by atoms with van der Waals surface area (Å²) in [5, 5.41) is 3.71. The van der Waals surface area contributed by atoms with Crippen molar-refractivity contribution >= 4 is 33.4 Å². The first-order chi connectivity index (χ1) is 10.3. The zero-order valence-electron chi connectivity index (χ0n) is 12.2. The van der Waals surface area contributed by atoms with Crippen LogP contribution in [0.15, 0.2) is 57.9 Å². The molecule has 2 aromatic carbocycles. The molecule has 0 aromatic heterocycles. The van der Waals surface area contributed by atoms with Gasteiger partial charge < -0.3 is 5.32 Å². The molecule has 0 heterocycles. The fourth-order valence-corrected chi connectivity index (χ4v) is 3.86.